The van der Waals surface area contributed by atoms with Crippen molar-refractivity contribution in [2.75, 3.05) is 0 Å². The minimum atomic E-state index is -0.629. The first kappa shape index (κ1) is 10.0. The highest BCUT2D eigenvalue weighted by molar-refractivity contribution is 5.47. The molecule has 0 aromatic heterocycles. The molecule has 1 N–H and O–H groups in total. The smallest absolute Gasteiger partial charge is 0.0631 e. The van der Waals surface area contributed by atoms with Crippen molar-refractivity contribution >= 4 is 6.08 Å². The molecule has 1 nitrogen and oxygen atoms in total. The van der Waals surface area contributed by atoms with Gasteiger partial charge in [-0.15, -0.1) is 0 Å². The van der Waals surface area contributed by atoms with Gasteiger partial charge in [0.05, 0.1) is 5.60 Å². The summed E-state index contributed by atoms with van der Waals surface area (Å²) >= 11 is 0. The fraction of sp³-hybridized carbons (Fsp3) is 0.333. The normalized spacial score (nSPS) is 11.3. The maximum absolute atomic E-state index is 9.58. The predicted molar refractivity (Wildman–Crippen MR) is 56.5 cm³/mol. The van der Waals surface area contributed by atoms with E-state index in [-0.39, 0.29) is 0 Å². The quantitative estimate of drug-likeness (QED) is 0.750. The zero-order valence-corrected chi connectivity index (χ0v) is 8.25. The van der Waals surface area contributed by atoms with Gasteiger partial charge in [-0.1, -0.05) is 36.9 Å². The van der Waals surface area contributed by atoms with Crippen LogP contribution < -0.4 is 0 Å². The van der Waals surface area contributed by atoms with E-state index in [4.69, 9.17) is 0 Å². The van der Waals surface area contributed by atoms with Crippen LogP contribution >= 0.6 is 0 Å². The van der Waals surface area contributed by atoms with Gasteiger partial charge in [-0.25, -0.2) is 0 Å². The standard InChI is InChI=1S/C12H16O/c1-4-10-5-7-11(8-6-10)9-12(2,3)13/h4-8,13H,1,9H2,2-3H3. The second-order valence-corrected chi connectivity index (χ2v) is 3.93. The Hall–Kier alpha value is -1.08. The molecule has 13 heavy (non-hydrogen) atoms. The third-order valence-electron chi connectivity index (χ3n) is 1.85. The van der Waals surface area contributed by atoms with Crippen molar-refractivity contribution < 1.29 is 5.11 Å². The van der Waals surface area contributed by atoms with Gasteiger partial charge in [-0.2, -0.15) is 0 Å². The van der Waals surface area contributed by atoms with Crippen LogP contribution in [0, 0.1) is 0 Å². The van der Waals surface area contributed by atoms with Crippen molar-refractivity contribution in [3.63, 3.8) is 0 Å². The highest BCUT2D eigenvalue weighted by atomic mass is 16.3. The summed E-state index contributed by atoms with van der Waals surface area (Å²) < 4.78 is 0. The Labute approximate surface area is 79.7 Å². The summed E-state index contributed by atoms with van der Waals surface area (Å²) in [6, 6.07) is 8.06. The van der Waals surface area contributed by atoms with E-state index in [2.05, 4.69) is 6.58 Å². The third kappa shape index (κ3) is 3.43. The van der Waals surface area contributed by atoms with Crippen LogP contribution in [0.4, 0.5) is 0 Å². The fourth-order valence-electron chi connectivity index (χ4n) is 1.27. The van der Waals surface area contributed by atoms with Crippen molar-refractivity contribution in [1.29, 1.82) is 0 Å². The van der Waals surface area contributed by atoms with Crippen molar-refractivity contribution in [2.24, 2.45) is 0 Å². The van der Waals surface area contributed by atoms with Crippen LogP contribution in [-0.4, -0.2) is 10.7 Å². The zero-order chi connectivity index (χ0) is 9.90. The molecule has 0 saturated heterocycles. The van der Waals surface area contributed by atoms with Gasteiger partial charge in [0.25, 0.3) is 0 Å². The lowest BCUT2D eigenvalue weighted by atomic mass is 9.98. The van der Waals surface area contributed by atoms with E-state index in [9.17, 15) is 5.11 Å². The molecule has 0 unspecified atom stereocenters. The van der Waals surface area contributed by atoms with Gasteiger partial charge in [0, 0.05) is 6.42 Å². The van der Waals surface area contributed by atoms with Crippen LogP contribution in [0.25, 0.3) is 6.08 Å². The Balaban J connectivity index is 2.75. The lowest BCUT2D eigenvalue weighted by molar-refractivity contribution is 0.0810. The zero-order valence-electron chi connectivity index (χ0n) is 8.25. The number of benzene rings is 1. The summed E-state index contributed by atoms with van der Waals surface area (Å²) in [5.74, 6) is 0. The molecule has 0 bridgehead atoms. The van der Waals surface area contributed by atoms with E-state index in [0.717, 1.165) is 11.1 Å². The molecule has 0 atom stereocenters. The lowest BCUT2D eigenvalue weighted by Gasteiger charge is -2.16. The molecule has 0 saturated carbocycles. The second kappa shape index (κ2) is 3.75. The molecular weight excluding hydrogens is 160 g/mol. The predicted octanol–water partition coefficient (Wildman–Crippen LogP) is 2.64. The number of rotatable bonds is 3. The molecule has 1 aromatic carbocycles. The van der Waals surface area contributed by atoms with Crippen molar-refractivity contribution in [1.82, 2.24) is 0 Å². The summed E-state index contributed by atoms with van der Waals surface area (Å²) in [7, 11) is 0. The van der Waals surface area contributed by atoms with Crippen LogP contribution in [0.15, 0.2) is 30.8 Å². The summed E-state index contributed by atoms with van der Waals surface area (Å²) in [6.45, 7) is 7.31. The molecule has 0 fully saturated rings. The molecule has 0 aliphatic carbocycles. The van der Waals surface area contributed by atoms with Gasteiger partial charge in [-0.05, 0) is 25.0 Å². The second-order valence-electron chi connectivity index (χ2n) is 3.93. The Bertz CT molecular complexity index is 277. The van der Waals surface area contributed by atoms with Gasteiger partial charge in [0.15, 0.2) is 0 Å². The van der Waals surface area contributed by atoms with Crippen LogP contribution in [-0.2, 0) is 6.42 Å². The molecule has 0 heterocycles. The van der Waals surface area contributed by atoms with Gasteiger partial charge >= 0.3 is 0 Å². The number of hydrogen-bond acceptors (Lipinski definition) is 1. The first-order valence-corrected chi connectivity index (χ1v) is 4.45. The molecule has 1 rings (SSSR count). The van der Waals surface area contributed by atoms with Crippen LogP contribution in [0.1, 0.15) is 25.0 Å². The van der Waals surface area contributed by atoms with Crippen LogP contribution in [0.2, 0.25) is 0 Å². The molecule has 0 radical (unpaired) electrons. The van der Waals surface area contributed by atoms with Crippen molar-refractivity contribution in [3.05, 3.63) is 42.0 Å². The van der Waals surface area contributed by atoms with E-state index >= 15 is 0 Å². The first-order valence-electron chi connectivity index (χ1n) is 4.45. The molecular formula is C12H16O. The largest absolute Gasteiger partial charge is 0.390 e. The number of aliphatic hydroxyl groups is 1. The van der Waals surface area contributed by atoms with E-state index in [0.29, 0.717) is 6.42 Å². The lowest BCUT2D eigenvalue weighted by Crippen LogP contribution is -2.21. The van der Waals surface area contributed by atoms with Crippen molar-refractivity contribution in [3.8, 4) is 0 Å². The average molecular weight is 176 g/mol. The first-order chi connectivity index (χ1) is 6.01. The highest BCUT2D eigenvalue weighted by Gasteiger charge is 2.12. The Morgan fingerprint density at radius 2 is 1.85 bits per heavy atom. The highest BCUT2D eigenvalue weighted by Crippen LogP contribution is 2.13. The van der Waals surface area contributed by atoms with E-state index in [1.54, 1.807) is 0 Å². The Morgan fingerprint density at radius 3 is 2.23 bits per heavy atom. The Morgan fingerprint density at radius 1 is 1.31 bits per heavy atom. The minimum absolute atomic E-state index is 0.629. The maximum Gasteiger partial charge on any atom is 0.0631 e. The maximum atomic E-state index is 9.58. The van der Waals surface area contributed by atoms with Gasteiger partial charge in [-0.3, -0.25) is 0 Å². The molecule has 70 valence electrons. The fourth-order valence-corrected chi connectivity index (χ4v) is 1.27. The summed E-state index contributed by atoms with van der Waals surface area (Å²) in [6.07, 6.45) is 2.50. The van der Waals surface area contributed by atoms with Gasteiger partial charge in [0.2, 0.25) is 0 Å². The van der Waals surface area contributed by atoms with Crippen LogP contribution in [0.3, 0.4) is 0 Å². The molecule has 1 heteroatoms. The summed E-state index contributed by atoms with van der Waals surface area (Å²) in [5.41, 5.74) is 1.63. The van der Waals surface area contributed by atoms with E-state index in [1.807, 2.05) is 44.2 Å². The molecule has 0 aliphatic heterocycles. The number of hydrogen-bond donors (Lipinski definition) is 1. The van der Waals surface area contributed by atoms with Gasteiger partial charge < -0.3 is 5.11 Å². The van der Waals surface area contributed by atoms with E-state index in [1.165, 1.54) is 0 Å². The SMILES string of the molecule is C=Cc1ccc(CC(C)(C)O)cc1. The summed E-state index contributed by atoms with van der Waals surface area (Å²) in [4.78, 5) is 0. The molecule has 1 aromatic rings. The van der Waals surface area contributed by atoms with E-state index < -0.39 is 5.60 Å². The molecule has 0 spiro atoms. The summed E-state index contributed by atoms with van der Waals surface area (Å²) in [5, 5.41) is 9.58. The molecule has 0 aliphatic rings. The van der Waals surface area contributed by atoms with Crippen LogP contribution in [0.5, 0.6) is 0 Å². The molecule has 0 amide bonds. The monoisotopic (exact) mass is 176 g/mol. The topological polar surface area (TPSA) is 20.2 Å². The third-order valence-corrected chi connectivity index (χ3v) is 1.85. The van der Waals surface area contributed by atoms with Crippen molar-refractivity contribution in [2.45, 2.75) is 25.9 Å². The Kier molecular flexibility index (Phi) is 2.89. The minimum Gasteiger partial charge on any atom is -0.390 e. The van der Waals surface area contributed by atoms with Gasteiger partial charge in [0.1, 0.15) is 0 Å². The average Bonchev–Trinajstić information content (AvgIpc) is 2.03.